The lowest BCUT2D eigenvalue weighted by Gasteiger charge is -2.36. The fourth-order valence-electron chi connectivity index (χ4n) is 4.18. The van der Waals surface area contributed by atoms with E-state index in [9.17, 15) is 18.3 Å². The minimum atomic E-state index is -3.91. The van der Waals surface area contributed by atoms with Gasteiger partial charge in [0, 0.05) is 47.8 Å². The first-order valence-electron chi connectivity index (χ1n) is 11.6. The van der Waals surface area contributed by atoms with Crippen molar-refractivity contribution in [1.29, 1.82) is 0 Å². The van der Waals surface area contributed by atoms with Gasteiger partial charge in [0.15, 0.2) is 17.2 Å². The van der Waals surface area contributed by atoms with Crippen molar-refractivity contribution >= 4 is 59.7 Å². The summed E-state index contributed by atoms with van der Waals surface area (Å²) in [4.78, 5) is 13.8. The van der Waals surface area contributed by atoms with Gasteiger partial charge in [-0.2, -0.15) is 4.31 Å². The number of piperidine rings is 1. The Kier molecular flexibility index (Phi) is 10.8. The van der Waals surface area contributed by atoms with Crippen molar-refractivity contribution in [3.8, 4) is 23.0 Å². The molecule has 1 unspecified atom stereocenters. The summed E-state index contributed by atoms with van der Waals surface area (Å²) < 4.78 is 44.5. The van der Waals surface area contributed by atoms with E-state index in [-0.39, 0.29) is 37.3 Å². The van der Waals surface area contributed by atoms with Crippen LogP contribution in [0.2, 0.25) is 10.0 Å². The van der Waals surface area contributed by atoms with E-state index in [2.05, 4.69) is 0 Å². The second-order valence-corrected chi connectivity index (χ2v) is 12.0. The van der Waals surface area contributed by atoms with E-state index in [1.54, 1.807) is 52.8 Å². The second-order valence-electron chi connectivity index (χ2n) is 8.39. The highest BCUT2D eigenvalue weighted by molar-refractivity contribution is 14.1. The number of carbonyl (C=O) groups is 1. The van der Waals surface area contributed by atoms with E-state index in [0.29, 0.717) is 49.7 Å². The molecule has 1 aliphatic rings. The number of hydrogen-bond acceptors (Lipinski definition) is 7. The number of methoxy groups -OCH3 is 2. The molecule has 0 bridgehead atoms. The average molecular weight is 687 g/mol. The normalized spacial score (nSPS) is 16.3. The zero-order valence-electron chi connectivity index (χ0n) is 20.5. The number of aromatic hydroxyl groups is 1. The number of phenols is 1. The minimum absolute atomic E-state index is 0.0719. The first kappa shape index (κ1) is 29.9. The molecule has 2 aromatic carbocycles. The second kappa shape index (κ2) is 13.4. The lowest BCUT2D eigenvalue weighted by molar-refractivity contribution is 0.186. The fraction of sp³-hybridized carbons (Fsp3) is 0.458. The van der Waals surface area contributed by atoms with Gasteiger partial charge >= 0.3 is 0 Å². The van der Waals surface area contributed by atoms with Crippen LogP contribution < -0.4 is 14.2 Å². The monoisotopic (exact) mass is 686 g/mol. The van der Waals surface area contributed by atoms with Crippen LogP contribution in [-0.2, 0) is 10.0 Å². The van der Waals surface area contributed by atoms with Gasteiger partial charge in [-0.05, 0) is 43.5 Å². The fourth-order valence-corrected chi connectivity index (χ4v) is 7.05. The molecule has 0 aliphatic carbocycles. The van der Waals surface area contributed by atoms with Crippen molar-refractivity contribution in [2.45, 2.75) is 36.6 Å². The Morgan fingerprint density at radius 1 is 1.11 bits per heavy atom. The van der Waals surface area contributed by atoms with Crippen molar-refractivity contribution < 1.29 is 32.5 Å². The Morgan fingerprint density at radius 3 is 2.41 bits per heavy atom. The first-order valence-corrected chi connectivity index (χ1v) is 14.8. The van der Waals surface area contributed by atoms with Gasteiger partial charge in [0.05, 0.1) is 35.7 Å². The molecular weight excluding hydrogens is 658 g/mol. The van der Waals surface area contributed by atoms with Gasteiger partial charge in [0.2, 0.25) is 10.0 Å². The third-order valence-electron chi connectivity index (χ3n) is 6.14. The van der Waals surface area contributed by atoms with Crippen molar-refractivity contribution in [2.75, 3.05) is 40.5 Å². The molecule has 37 heavy (non-hydrogen) atoms. The smallest absolute Gasteiger partial charge is 0.283 e. The Bertz CT molecular complexity index is 1190. The highest BCUT2D eigenvalue weighted by Gasteiger charge is 2.34. The maximum atomic E-state index is 13.4. The van der Waals surface area contributed by atoms with Gasteiger partial charge in [0.25, 0.3) is 3.91 Å². The van der Waals surface area contributed by atoms with Gasteiger partial charge in [-0.3, -0.25) is 4.79 Å². The third kappa shape index (κ3) is 7.47. The van der Waals surface area contributed by atoms with Gasteiger partial charge in [0.1, 0.15) is 12.4 Å². The molecule has 0 aromatic heterocycles. The van der Waals surface area contributed by atoms with Crippen LogP contribution in [0, 0.1) is 0 Å². The molecule has 1 amide bonds. The van der Waals surface area contributed by atoms with Crippen LogP contribution in [0.25, 0.3) is 0 Å². The molecule has 204 valence electrons. The lowest BCUT2D eigenvalue weighted by Crippen LogP contribution is -2.45. The maximum absolute atomic E-state index is 13.4. The zero-order chi connectivity index (χ0) is 27.2. The molecule has 0 saturated carbocycles. The van der Waals surface area contributed by atoms with Crippen LogP contribution in [0.1, 0.15) is 25.7 Å². The number of ether oxygens (including phenoxy) is 3. The predicted octanol–water partition coefficient (Wildman–Crippen LogP) is 5.59. The van der Waals surface area contributed by atoms with Crippen LogP contribution in [0.3, 0.4) is 0 Å². The first-order chi connectivity index (χ1) is 17.6. The topological polar surface area (TPSA) is 106 Å². The molecule has 1 atom stereocenters. The molecular formula is C24H29Cl2IN2O7S. The molecule has 3 rings (SSSR count). The highest BCUT2D eigenvalue weighted by atomic mass is 127. The van der Waals surface area contributed by atoms with Crippen LogP contribution >= 0.6 is 45.8 Å². The quantitative estimate of drug-likeness (QED) is 0.187. The van der Waals surface area contributed by atoms with Crippen molar-refractivity contribution in [3.63, 3.8) is 0 Å². The number of amides is 1. The Balaban J connectivity index is 1.65. The molecule has 1 fully saturated rings. The maximum Gasteiger partial charge on any atom is 0.283 e. The van der Waals surface area contributed by atoms with Crippen molar-refractivity contribution in [1.82, 2.24) is 9.21 Å². The van der Waals surface area contributed by atoms with Crippen LogP contribution in [0.5, 0.6) is 23.0 Å². The summed E-state index contributed by atoms with van der Waals surface area (Å²) in [5.41, 5.74) is 0. The standard InChI is InChI=1S/C24H29Cl2IN2O7S/c1-34-21-7-6-17(13-22(21)35-2)36-12-11-28(24(27)31)10-8-16-5-3-4-9-29(16)37(32,33)18-14-19(25)23(30)20(26)15-18/h6-7,13-16,30H,3-5,8-12H2,1-2H3. The van der Waals surface area contributed by atoms with E-state index in [4.69, 9.17) is 37.4 Å². The number of rotatable bonds is 11. The molecule has 13 heteroatoms. The molecule has 1 heterocycles. The van der Waals surface area contributed by atoms with E-state index in [0.717, 1.165) is 12.8 Å². The summed E-state index contributed by atoms with van der Waals surface area (Å²) in [7, 11) is -0.814. The van der Waals surface area contributed by atoms with Crippen molar-refractivity contribution in [2.24, 2.45) is 0 Å². The van der Waals surface area contributed by atoms with Gasteiger partial charge < -0.3 is 24.2 Å². The SMILES string of the molecule is COc1ccc(OCCN(CCC2CCCCN2S(=O)(=O)c2cc(Cl)c(O)c(Cl)c2)C(=O)I)cc1OC. The number of nitrogens with zero attached hydrogens (tertiary/aromatic N) is 2. The van der Waals surface area contributed by atoms with Crippen LogP contribution in [-0.4, -0.2) is 73.1 Å². The van der Waals surface area contributed by atoms with Crippen LogP contribution in [0.15, 0.2) is 35.2 Å². The van der Waals surface area contributed by atoms with Crippen molar-refractivity contribution in [3.05, 3.63) is 40.4 Å². The summed E-state index contributed by atoms with van der Waals surface area (Å²) in [5, 5.41) is 9.56. The lowest BCUT2D eigenvalue weighted by atomic mass is 10.0. The van der Waals surface area contributed by atoms with E-state index in [1.165, 1.54) is 23.5 Å². The Hall–Kier alpha value is -1.67. The number of carbonyl (C=O) groups excluding carboxylic acids is 1. The Labute approximate surface area is 240 Å². The van der Waals surface area contributed by atoms with E-state index < -0.39 is 10.0 Å². The van der Waals surface area contributed by atoms with Gasteiger partial charge in [-0.25, -0.2) is 8.42 Å². The summed E-state index contributed by atoms with van der Waals surface area (Å²) >= 11 is 13.7. The van der Waals surface area contributed by atoms with Gasteiger partial charge in [-0.15, -0.1) is 0 Å². The van der Waals surface area contributed by atoms with Crippen LogP contribution in [0.4, 0.5) is 4.79 Å². The summed E-state index contributed by atoms with van der Waals surface area (Å²) in [5.74, 6) is 1.35. The van der Waals surface area contributed by atoms with E-state index >= 15 is 0 Å². The zero-order valence-corrected chi connectivity index (χ0v) is 24.9. The van der Waals surface area contributed by atoms with E-state index in [1.807, 2.05) is 0 Å². The molecule has 1 N–H and O–H groups in total. The molecule has 0 spiro atoms. The highest BCUT2D eigenvalue weighted by Crippen LogP contribution is 2.36. The largest absolute Gasteiger partial charge is 0.505 e. The number of hydrogen-bond donors (Lipinski definition) is 1. The third-order valence-corrected chi connectivity index (χ3v) is 9.32. The summed E-state index contributed by atoms with van der Waals surface area (Å²) in [6, 6.07) is 7.31. The summed E-state index contributed by atoms with van der Waals surface area (Å²) in [6.07, 6.45) is 2.74. The number of phenolic OH excluding ortho intramolecular Hbond substituents is 1. The summed E-state index contributed by atoms with van der Waals surface area (Å²) in [6.45, 7) is 1.30. The molecule has 1 aliphatic heterocycles. The predicted molar refractivity (Wildman–Crippen MR) is 150 cm³/mol. The Morgan fingerprint density at radius 2 is 1.78 bits per heavy atom. The molecule has 0 radical (unpaired) electrons. The molecule has 9 nitrogen and oxygen atoms in total. The number of benzene rings is 2. The average Bonchev–Trinajstić information content (AvgIpc) is 2.88. The number of sulfonamides is 1. The molecule has 2 aromatic rings. The minimum Gasteiger partial charge on any atom is -0.505 e. The van der Waals surface area contributed by atoms with Gasteiger partial charge in [-0.1, -0.05) is 29.6 Å². The molecule has 1 saturated heterocycles. The number of halogens is 3.